The smallest absolute Gasteiger partial charge is 0.317 e. The van der Waals surface area contributed by atoms with Gasteiger partial charge in [0.15, 0.2) is 0 Å². The predicted octanol–water partition coefficient (Wildman–Crippen LogP) is 2.58. The first kappa shape index (κ1) is 17.4. The number of nitrogens with zero attached hydrogens (tertiary/aromatic N) is 3. The fraction of sp³-hybridized carbons (Fsp3) is 0.444. The summed E-state index contributed by atoms with van der Waals surface area (Å²) in [6.07, 6.45) is 5.79. The maximum absolute atomic E-state index is 14.2. The van der Waals surface area contributed by atoms with Crippen molar-refractivity contribution in [2.75, 3.05) is 26.3 Å². The van der Waals surface area contributed by atoms with Crippen LogP contribution in [0.2, 0.25) is 0 Å². The molecule has 0 radical (unpaired) electrons. The first-order chi connectivity index (χ1) is 12.2. The molecule has 1 aromatic carbocycles. The number of aromatic nitrogens is 2. The molecule has 1 fully saturated rings. The molecule has 1 saturated heterocycles. The lowest BCUT2D eigenvalue weighted by atomic mass is 10.1. The van der Waals surface area contributed by atoms with Crippen LogP contribution in [0.1, 0.15) is 18.9 Å². The summed E-state index contributed by atoms with van der Waals surface area (Å²) in [5, 5.41) is 2.86. The van der Waals surface area contributed by atoms with Crippen LogP contribution >= 0.6 is 0 Å². The van der Waals surface area contributed by atoms with Crippen molar-refractivity contribution in [3.63, 3.8) is 0 Å². The van der Waals surface area contributed by atoms with Gasteiger partial charge in [-0.3, -0.25) is 0 Å². The molecule has 2 heterocycles. The summed E-state index contributed by atoms with van der Waals surface area (Å²) >= 11 is 0. The van der Waals surface area contributed by atoms with Crippen molar-refractivity contribution in [3.05, 3.63) is 48.3 Å². The molecule has 6 nitrogen and oxygen atoms in total. The number of carbonyl (C=O) groups excluding carboxylic acids is 1. The standard InChI is InChI=1S/C18H23FN4O2/c1-2-25-12-15-5-7-22(11-15)18(24)21-10-14-3-4-17(16(19)9-14)23-8-6-20-13-23/h3-4,6,8-9,13,15H,2,5,7,10-12H2,1H3,(H,21,24). The highest BCUT2D eigenvalue weighted by Crippen LogP contribution is 2.17. The minimum Gasteiger partial charge on any atom is -0.381 e. The van der Waals surface area contributed by atoms with Crippen molar-refractivity contribution in [1.82, 2.24) is 19.8 Å². The van der Waals surface area contributed by atoms with E-state index >= 15 is 0 Å². The van der Waals surface area contributed by atoms with Crippen LogP contribution in [-0.2, 0) is 11.3 Å². The van der Waals surface area contributed by atoms with Crippen LogP contribution in [0.4, 0.5) is 9.18 Å². The molecular weight excluding hydrogens is 323 g/mol. The zero-order valence-electron chi connectivity index (χ0n) is 14.3. The Bertz CT molecular complexity index is 705. The number of hydrogen-bond donors (Lipinski definition) is 1. The van der Waals surface area contributed by atoms with Gasteiger partial charge in [-0.05, 0) is 31.0 Å². The summed E-state index contributed by atoms with van der Waals surface area (Å²) < 4.78 is 21.3. The van der Waals surface area contributed by atoms with Crippen molar-refractivity contribution in [1.29, 1.82) is 0 Å². The van der Waals surface area contributed by atoms with Gasteiger partial charge in [-0.1, -0.05) is 6.07 Å². The first-order valence-electron chi connectivity index (χ1n) is 8.54. The summed E-state index contributed by atoms with van der Waals surface area (Å²) in [4.78, 5) is 18.0. The largest absolute Gasteiger partial charge is 0.381 e. The molecule has 2 amide bonds. The molecule has 3 rings (SSSR count). The number of halogens is 1. The van der Waals surface area contributed by atoms with Gasteiger partial charge in [-0.25, -0.2) is 14.2 Å². The van der Waals surface area contributed by atoms with Gasteiger partial charge in [0.05, 0.1) is 18.6 Å². The lowest BCUT2D eigenvalue weighted by Gasteiger charge is -2.17. The maximum Gasteiger partial charge on any atom is 0.317 e. The summed E-state index contributed by atoms with van der Waals surface area (Å²) in [5.41, 5.74) is 1.16. The highest BCUT2D eigenvalue weighted by molar-refractivity contribution is 5.74. The lowest BCUT2D eigenvalue weighted by Crippen LogP contribution is -2.38. The number of benzene rings is 1. The van der Waals surface area contributed by atoms with Gasteiger partial charge in [-0.15, -0.1) is 0 Å². The number of hydrogen-bond acceptors (Lipinski definition) is 3. The van der Waals surface area contributed by atoms with E-state index < -0.39 is 0 Å². The number of carbonyl (C=O) groups is 1. The summed E-state index contributed by atoms with van der Waals surface area (Å²) in [6, 6.07) is 4.82. The predicted molar refractivity (Wildman–Crippen MR) is 91.9 cm³/mol. The average molecular weight is 346 g/mol. The minimum atomic E-state index is -0.345. The van der Waals surface area contributed by atoms with Crippen molar-refractivity contribution >= 4 is 6.03 Å². The Morgan fingerprint density at radius 3 is 3.08 bits per heavy atom. The van der Waals surface area contributed by atoms with Crippen molar-refractivity contribution in [3.8, 4) is 5.69 Å². The normalized spacial score (nSPS) is 17.0. The van der Waals surface area contributed by atoms with E-state index in [1.807, 2.05) is 6.92 Å². The van der Waals surface area contributed by atoms with E-state index in [9.17, 15) is 9.18 Å². The van der Waals surface area contributed by atoms with Gasteiger partial charge in [0, 0.05) is 44.6 Å². The minimum absolute atomic E-state index is 0.113. The highest BCUT2D eigenvalue weighted by atomic mass is 19.1. The van der Waals surface area contributed by atoms with Crippen LogP contribution in [0, 0.1) is 11.7 Å². The number of ether oxygens (including phenoxy) is 1. The molecule has 1 aliphatic rings. The molecule has 25 heavy (non-hydrogen) atoms. The number of likely N-dealkylation sites (tertiary alicyclic amines) is 1. The molecule has 0 bridgehead atoms. The number of imidazole rings is 1. The van der Waals surface area contributed by atoms with E-state index in [4.69, 9.17) is 4.74 Å². The number of nitrogens with one attached hydrogen (secondary N) is 1. The van der Waals surface area contributed by atoms with E-state index in [2.05, 4.69) is 10.3 Å². The van der Waals surface area contributed by atoms with Crippen LogP contribution in [0.25, 0.3) is 5.69 Å². The Hall–Kier alpha value is -2.41. The number of urea groups is 1. The molecular formula is C18H23FN4O2. The van der Waals surface area contributed by atoms with E-state index in [0.29, 0.717) is 37.9 Å². The third-order valence-electron chi connectivity index (χ3n) is 4.37. The second-order valence-electron chi connectivity index (χ2n) is 6.17. The van der Waals surface area contributed by atoms with Crippen LogP contribution in [0.15, 0.2) is 36.9 Å². The summed E-state index contributed by atoms with van der Waals surface area (Å²) in [6.45, 7) is 5.10. The second kappa shape index (κ2) is 8.11. The van der Waals surface area contributed by atoms with Crippen LogP contribution < -0.4 is 5.32 Å². The Kier molecular flexibility index (Phi) is 5.65. The third-order valence-corrected chi connectivity index (χ3v) is 4.37. The fourth-order valence-electron chi connectivity index (χ4n) is 3.00. The van der Waals surface area contributed by atoms with Gasteiger partial charge < -0.3 is 19.5 Å². The Morgan fingerprint density at radius 2 is 2.36 bits per heavy atom. The van der Waals surface area contributed by atoms with Crippen LogP contribution in [-0.4, -0.2) is 46.8 Å². The second-order valence-corrected chi connectivity index (χ2v) is 6.17. The topological polar surface area (TPSA) is 59.4 Å². The average Bonchev–Trinajstić information content (AvgIpc) is 3.29. The monoisotopic (exact) mass is 346 g/mol. The molecule has 1 aliphatic heterocycles. The molecule has 1 N–H and O–H groups in total. The molecule has 134 valence electrons. The van der Waals surface area contributed by atoms with Gasteiger partial charge in [0.1, 0.15) is 5.82 Å². The zero-order valence-corrected chi connectivity index (χ0v) is 14.3. The Morgan fingerprint density at radius 1 is 1.48 bits per heavy atom. The molecule has 1 atom stereocenters. The van der Waals surface area contributed by atoms with E-state index in [0.717, 1.165) is 18.5 Å². The molecule has 0 spiro atoms. The van der Waals surface area contributed by atoms with Crippen LogP contribution in [0.5, 0.6) is 0 Å². The van der Waals surface area contributed by atoms with E-state index in [1.165, 1.54) is 6.07 Å². The van der Waals surface area contributed by atoms with Gasteiger partial charge in [0.2, 0.25) is 0 Å². The van der Waals surface area contributed by atoms with Gasteiger partial charge in [-0.2, -0.15) is 0 Å². The lowest BCUT2D eigenvalue weighted by molar-refractivity contribution is 0.113. The third kappa shape index (κ3) is 4.36. The van der Waals surface area contributed by atoms with Crippen LogP contribution in [0.3, 0.4) is 0 Å². The highest BCUT2D eigenvalue weighted by Gasteiger charge is 2.26. The van der Waals surface area contributed by atoms with Crippen molar-refractivity contribution in [2.24, 2.45) is 5.92 Å². The quantitative estimate of drug-likeness (QED) is 0.875. The van der Waals surface area contributed by atoms with E-state index in [1.54, 1.807) is 40.3 Å². The SMILES string of the molecule is CCOCC1CCN(C(=O)NCc2ccc(-n3ccnc3)c(F)c2)C1. The number of rotatable bonds is 6. The summed E-state index contributed by atoms with van der Waals surface area (Å²) in [7, 11) is 0. The number of amides is 2. The molecule has 1 unspecified atom stereocenters. The Labute approximate surface area is 146 Å². The van der Waals surface area contributed by atoms with E-state index in [-0.39, 0.29) is 11.8 Å². The van der Waals surface area contributed by atoms with Gasteiger partial charge in [0.25, 0.3) is 0 Å². The molecule has 0 aliphatic carbocycles. The fourth-order valence-corrected chi connectivity index (χ4v) is 3.00. The molecule has 1 aromatic heterocycles. The van der Waals surface area contributed by atoms with Gasteiger partial charge >= 0.3 is 6.03 Å². The molecule has 2 aromatic rings. The zero-order chi connectivity index (χ0) is 17.6. The summed E-state index contributed by atoms with van der Waals surface area (Å²) in [5.74, 6) is 0.0558. The maximum atomic E-state index is 14.2. The van der Waals surface area contributed by atoms with Crippen molar-refractivity contribution < 1.29 is 13.9 Å². The van der Waals surface area contributed by atoms with Crippen molar-refractivity contribution in [2.45, 2.75) is 19.9 Å². The molecule has 7 heteroatoms. The Balaban J connectivity index is 1.52. The first-order valence-corrected chi connectivity index (χ1v) is 8.54. The molecule has 0 saturated carbocycles.